The molecule has 7 heteroatoms. The van der Waals surface area contributed by atoms with Crippen LogP contribution in [0, 0.1) is 0 Å². The number of β-amino-alcohol motifs (C(OH)–C–C–N with tert-alkyl or cyclic N) is 1. The first-order valence-corrected chi connectivity index (χ1v) is 8.74. The highest BCUT2D eigenvalue weighted by Crippen LogP contribution is 2.19. The number of likely N-dealkylation sites (tertiary alicyclic amines) is 1. The molecule has 2 aromatic rings. The third-order valence-corrected chi connectivity index (χ3v) is 4.54. The Hall–Kier alpha value is -2.67. The number of piperidine rings is 1. The SMILES string of the molecule is CC(C)c1ocnc1C(=O)N[C@@H]1CCN(C(=O)c2ccccc2)C[C@H]1O. The first-order chi connectivity index (χ1) is 12.5. The maximum Gasteiger partial charge on any atom is 0.273 e. The van der Waals surface area contributed by atoms with Gasteiger partial charge in [-0.15, -0.1) is 0 Å². The molecule has 1 fully saturated rings. The van der Waals surface area contributed by atoms with Crippen LogP contribution in [0.2, 0.25) is 0 Å². The number of nitrogens with one attached hydrogen (secondary N) is 1. The Morgan fingerprint density at radius 2 is 2.04 bits per heavy atom. The van der Waals surface area contributed by atoms with Crippen molar-refractivity contribution in [2.75, 3.05) is 13.1 Å². The van der Waals surface area contributed by atoms with E-state index in [2.05, 4.69) is 10.3 Å². The van der Waals surface area contributed by atoms with Gasteiger partial charge in [-0.25, -0.2) is 4.98 Å². The Bertz CT molecular complexity index is 772. The molecular formula is C19H23N3O4. The average molecular weight is 357 g/mol. The van der Waals surface area contributed by atoms with Gasteiger partial charge in [0.25, 0.3) is 11.8 Å². The van der Waals surface area contributed by atoms with Crippen LogP contribution in [-0.2, 0) is 0 Å². The number of nitrogens with zero attached hydrogens (tertiary/aromatic N) is 2. The summed E-state index contributed by atoms with van der Waals surface area (Å²) in [5.41, 5.74) is 0.835. The highest BCUT2D eigenvalue weighted by atomic mass is 16.3. The van der Waals surface area contributed by atoms with E-state index >= 15 is 0 Å². The summed E-state index contributed by atoms with van der Waals surface area (Å²) < 4.78 is 5.27. The zero-order chi connectivity index (χ0) is 18.7. The molecule has 0 saturated carbocycles. The van der Waals surface area contributed by atoms with E-state index < -0.39 is 12.1 Å². The van der Waals surface area contributed by atoms with Crippen LogP contribution >= 0.6 is 0 Å². The number of oxazole rings is 1. The summed E-state index contributed by atoms with van der Waals surface area (Å²) >= 11 is 0. The molecule has 1 saturated heterocycles. The maximum atomic E-state index is 12.5. The van der Waals surface area contributed by atoms with Crippen LogP contribution in [0.5, 0.6) is 0 Å². The molecule has 3 rings (SSSR count). The molecule has 2 N–H and O–H groups in total. The van der Waals surface area contributed by atoms with Crippen LogP contribution in [0.1, 0.15) is 52.8 Å². The first-order valence-electron chi connectivity index (χ1n) is 8.74. The first kappa shape index (κ1) is 18.1. The molecule has 0 unspecified atom stereocenters. The normalized spacial score (nSPS) is 20.2. The summed E-state index contributed by atoms with van der Waals surface area (Å²) in [6, 6.07) is 8.53. The highest BCUT2D eigenvalue weighted by Gasteiger charge is 2.32. The topological polar surface area (TPSA) is 95.7 Å². The van der Waals surface area contributed by atoms with Gasteiger partial charge in [-0.05, 0) is 18.6 Å². The van der Waals surface area contributed by atoms with Gasteiger partial charge in [0.15, 0.2) is 12.1 Å². The second kappa shape index (κ2) is 7.70. The number of benzene rings is 1. The fourth-order valence-electron chi connectivity index (χ4n) is 3.12. The number of hydrogen-bond donors (Lipinski definition) is 2. The Morgan fingerprint density at radius 1 is 1.31 bits per heavy atom. The van der Waals surface area contributed by atoms with Crippen molar-refractivity contribution in [1.29, 1.82) is 0 Å². The Morgan fingerprint density at radius 3 is 2.69 bits per heavy atom. The zero-order valence-corrected chi connectivity index (χ0v) is 14.9. The molecule has 138 valence electrons. The number of amides is 2. The Balaban J connectivity index is 1.61. The van der Waals surface area contributed by atoms with E-state index in [4.69, 9.17) is 4.42 Å². The molecule has 26 heavy (non-hydrogen) atoms. The van der Waals surface area contributed by atoms with Gasteiger partial charge >= 0.3 is 0 Å². The smallest absolute Gasteiger partial charge is 0.273 e. The summed E-state index contributed by atoms with van der Waals surface area (Å²) in [6.45, 7) is 4.47. The van der Waals surface area contributed by atoms with Crippen molar-refractivity contribution in [2.24, 2.45) is 0 Å². The minimum atomic E-state index is -0.838. The van der Waals surface area contributed by atoms with Crippen molar-refractivity contribution in [3.05, 3.63) is 53.7 Å². The molecule has 0 spiro atoms. The molecule has 1 aliphatic heterocycles. The third-order valence-electron chi connectivity index (χ3n) is 4.54. The van der Waals surface area contributed by atoms with Gasteiger partial charge in [0.05, 0.1) is 12.1 Å². The van der Waals surface area contributed by atoms with Crippen molar-refractivity contribution in [3.8, 4) is 0 Å². The number of carbonyl (C=O) groups excluding carboxylic acids is 2. The molecular weight excluding hydrogens is 334 g/mol. The standard InChI is InChI=1S/C19H23N3O4/c1-12(2)17-16(20-11-26-17)18(24)21-14-8-9-22(10-15(14)23)19(25)13-6-4-3-5-7-13/h3-7,11-12,14-15,23H,8-10H2,1-2H3,(H,21,24)/t14-,15-/m1/s1. The Labute approximate surface area is 152 Å². The summed E-state index contributed by atoms with van der Waals surface area (Å²) in [5.74, 6) is 0.0737. The lowest BCUT2D eigenvalue weighted by molar-refractivity contribution is 0.0314. The quantitative estimate of drug-likeness (QED) is 0.870. The number of carbonyl (C=O) groups is 2. The minimum absolute atomic E-state index is 0.0357. The van der Waals surface area contributed by atoms with Gasteiger partial charge in [0.1, 0.15) is 5.76 Å². The lowest BCUT2D eigenvalue weighted by atomic mass is 10.00. The van der Waals surface area contributed by atoms with E-state index in [1.165, 1.54) is 6.39 Å². The van der Waals surface area contributed by atoms with Crippen LogP contribution in [0.15, 0.2) is 41.1 Å². The second-order valence-corrected chi connectivity index (χ2v) is 6.77. The molecule has 2 amide bonds. The zero-order valence-electron chi connectivity index (χ0n) is 14.9. The van der Waals surface area contributed by atoms with Crippen molar-refractivity contribution in [3.63, 3.8) is 0 Å². The van der Waals surface area contributed by atoms with Gasteiger partial charge in [0, 0.05) is 24.6 Å². The van der Waals surface area contributed by atoms with Gasteiger partial charge in [0.2, 0.25) is 0 Å². The molecule has 0 radical (unpaired) electrons. The molecule has 0 bridgehead atoms. The molecule has 7 nitrogen and oxygen atoms in total. The highest BCUT2D eigenvalue weighted by molar-refractivity contribution is 5.95. The molecule has 1 aromatic heterocycles. The summed E-state index contributed by atoms with van der Waals surface area (Å²) in [6.07, 6.45) is 0.886. The number of aliphatic hydroxyl groups excluding tert-OH is 1. The molecule has 2 atom stereocenters. The number of aliphatic hydroxyl groups is 1. The monoisotopic (exact) mass is 357 g/mol. The van der Waals surface area contributed by atoms with E-state index in [9.17, 15) is 14.7 Å². The summed E-state index contributed by atoms with van der Waals surface area (Å²) in [4.78, 5) is 30.5. The van der Waals surface area contributed by atoms with Crippen LogP contribution in [0.25, 0.3) is 0 Å². The fourth-order valence-corrected chi connectivity index (χ4v) is 3.12. The van der Waals surface area contributed by atoms with Crippen LogP contribution < -0.4 is 5.32 Å². The van der Waals surface area contributed by atoms with E-state index in [-0.39, 0.29) is 30.0 Å². The van der Waals surface area contributed by atoms with E-state index in [1.807, 2.05) is 19.9 Å². The second-order valence-electron chi connectivity index (χ2n) is 6.77. The summed E-state index contributed by atoms with van der Waals surface area (Å²) in [7, 11) is 0. The number of aromatic nitrogens is 1. The average Bonchev–Trinajstić information content (AvgIpc) is 3.14. The predicted molar refractivity (Wildman–Crippen MR) is 94.8 cm³/mol. The molecule has 0 aliphatic carbocycles. The predicted octanol–water partition coefficient (Wildman–Crippen LogP) is 1.80. The molecule has 1 aliphatic rings. The van der Waals surface area contributed by atoms with Crippen molar-refractivity contribution < 1.29 is 19.1 Å². The van der Waals surface area contributed by atoms with Crippen LogP contribution in [0.4, 0.5) is 0 Å². The Kier molecular flexibility index (Phi) is 5.37. The molecule has 1 aromatic carbocycles. The van der Waals surface area contributed by atoms with E-state index in [0.29, 0.717) is 24.3 Å². The minimum Gasteiger partial charge on any atom is -0.447 e. The van der Waals surface area contributed by atoms with Crippen LogP contribution in [-0.4, -0.2) is 52.0 Å². The lowest BCUT2D eigenvalue weighted by Gasteiger charge is -2.36. The van der Waals surface area contributed by atoms with Crippen molar-refractivity contribution >= 4 is 11.8 Å². The number of hydrogen-bond acceptors (Lipinski definition) is 5. The van der Waals surface area contributed by atoms with Crippen LogP contribution in [0.3, 0.4) is 0 Å². The van der Waals surface area contributed by atoms with E-state index in [0.717, 1.165) is 0 Å². The van der Waals surface area contributed by atoms with E-state index in [1.54, 1.807) is 29.2 Å². The van der Waals surface area contributed by atoms with Gasteiger partial charge in [-0.3, -0.25) is 9.59 Å². The van der Waals surface area contributed by atoms with Crippen molar-refractivity contribution in [1.82, 2.24) is 15.2 Å². The van der Waals surface area contributed by atoms with Gasteiger partial charge in [-0.1, -0.05) is 32.0 Å². The van der Waals surface area contributed by atoms with Crippen molar-refractivity contribution in [2.45, 2.75) is 38.3 Å². The maximum absolute atomic E-state index is 12.5. The van der Waals surface area contributed by atoms with Gasteiger partial charge < -0.3 is 19.7 Å². The molecule has 2 heterocycles. The third kappa shape index (κ3) is 3.77. The largest absolute Gasteiger partial charge is 0.447 e. The fraction of sp³-hybridized carbons (Fsp3) is 0.421. The lowest BCUT2D eigenvalue weighted by Crippen LogP contribution is -2.55. The number of rotatable bonds is 4. The van der Waals surface area contributed by atoms with Gasteiger partial charge in [-0.2, -0.15) is 0 Å². The summed E-state index contributed by atoms with van der Waals surface area (Å²) in [5, 5.41) is 13.2.